The van der Waals surface area contributed by atoms with Crippen LogP contribution in [-0.4, -0.2) is 0 Å². The summed E-state index contributed by atoms with van der Waals surface area (Å²) >= 11 is 12.2. The quantitative estimate of drug-likeness (QED) is 0.519. The fourth-order valence-corrected chi connectivity index (χ4v) is 2.52. The van der Waals surface area contributed by atoms with Crippen molar-refractivity contribution in [2.45, 2.75) is 0 Å². The fraction of sp³-hybridized carbons (Fsp3) is 0. The predicted molar refractivity (Wildman–Crippen MR) is 62.9 cm³/mol. The zero-order valence-electron chi connectivity index (χ0n) is 7.22. The van der Waals surface area contributed by atoms with Gasteiger partial charge in [-0.15, -0.1) is 0 Å². The number of hydrogen-bond donors (Lipinski definition) is 0. The minimum atomic E-state index is 0.722. The van der Waals surface area contributed by atoms with Crippen molar-refractivity contribution >= 4 is 46.1 Å². The van der Waals surface area contributed by atoms with Gasteiger partial charge in [-0.2, -0.15) is 0 Å². The van der Waals surface area contributed by atoms with Crippen LogP contribution in [0.25, 0.3) is 22.9 Å². The van der Waals surface area contributed by atoms with Gasteiger partial charge in [0, 0.05) is 21.0 Å². The molecule has 0 nitrogen and oxygen atoms in total. The van der Waals surface area contributed by atoms with Crippen molar-refractivity contribution in [2.24, 2.45) is 0 Å². The van der Waals surface area contributed by atoms with E-state index in [1.807, 2.05) is 18.2 Å². The molecule has 1 aliphatic carbocycles. The number of halogens is 2. The molecule has 0 amide bonds. The maximum atomic E-state index is 6.12. The lowest BCUT2D eigenvalue weighted by molar-refractivity contribution is 1.71. The van der Waals surface area contributed by atoms with Gasteiger partial charge < -0.3 is 0 Å². The molecule has 0 saturated heterocycles. The Morgan fingerprint density at radius 3 is 2.64 bits per heavy atom. The van der Waals surface area contributed by atoms with E-state index in [0.717, 1.165) is 21.0 Å². The molecule has 0 saturated carbocycles. The highest BCUT2D eigenvalue weighted by atomic mass is 35.5. The Bertz CT molecular complexity index is 568. The molecule has 68 valence electrons. The third-order valence-electron chi connectivity index (χ3n) is 2.56. The van der Waals surface area contributed by atoms with E-state index in [1.165, 1.54) is 10.9 Å². The van der Waals surface area contributed by atoms with E-state index in [9.17, 15) is 0 Å². The SMILES string of the molecule is Clc1cc(Cl)c2cccc3c2c1C=C3. The maximum Gasteiger partial charge on any atom is 0.0499 e. The summed E-state index contributed by atoms with van der Waals surface area (Å²) in [6.45, 7) is 0. The normalized spacial score (nSPS) is 12.7. The average molecular weight is 221 g/mol. The van der Waals surface area contributed by atoms with Gasteiger partial charge in [0.2, 0.25) is 0 Å². The minimum absolute atomic E-state index is 0.722. The van der Waals surface area contributed by atoms with Crippen LogP contribution >= 0.6 is 23.2 Å². The van der Waals surface area contributed by atoms with Crippen molar-refractivity contribution in [2.75, 3.05) is 0 Å². The molecule has 0 spiro atoms. The summed E-state index contributed by atoms with van der Waals surface area (Å²) < 4.78 is 0. The van der Waals surface area contributed by atoms with Crippen molar-refractivity contribution in [1.29, 1.82) is 0 Å². The average Bonchev–Trinajstić information content (AvgIpc) is 2.59. The second-order valence-electron chi connectivity index (χ2n) is 3.36. The number of rotatable bonds is 0. The van der Waals surface area contributed by atoms with E-state index in [-0.39, 0.29) is 0 Å². The lowest BCUT2D eigenvalue weighted by atomic mass is 10.0. The predicted octanol–water partition coefficient (Wildman–Crippen LogP) is 4.63. The van der Waals surface area contributed by atoms with Crippen LogP contribution in [0.1, 0.15) is 11.1 Å². The van der Waals surface area contributed by atoms with Crippen molar-refractivity contribution in [3.63, 3.8) is 0 Å². The molecule has 1 aliphatic rings. The first-order chi connectivity index (χ1) is 6.77. The third-order valence-corrected chi connectivity index (χ3v) is 3.19. The van der Waals surface area contributed by atoms with Crippen molar-refractivity contribution < 1.29 is 0 Å². The molecule has 0 aliphatic heterocycles. The molecule has 0 bridgehead atoms. The molecule has 0 radical (unpaired) electrons. The van der Waals surface area contributed by atoms with E-state index >= 15 is 0 Å². The van der Waals surface area contributed by atoms with E-state index in [1.54, 1.807) is 6.07 Å². The van der Waals surface area contributed by atoms with Crippen LogP contribution in [-0.2, 0) is 0 Å². The van der Waals surface area contributed by atoms with Gasteiger partial charge in [0.05, 0.1) is 0 Å². The monoisotopic (exact) mass is 220 g/mol. The van der Waals surface area contributed by atoms with Crippen LogP contribution < -0.4 is 0 Å². The number of hydrogen-bond acceptors (Lipinski definition) is 0. The minimum Gasteiger partial charge on any atom is -0.0836 e. The first-order valence-electron chi connectivity index (χ1n) is 4.36. The molecule has 0 N–H and O–H groups in total. The molecule has 0 unspecified atom stereocenters. The van der Waals surface area contributed by atoms with Crippen LogP contribution in [0.5, 0.6) is 0 Å². The first-order valence-corrected chi connectivity index (χ1v) is 5.12. The molecule has 0 atom stereocenters. The molecule has 0 heterocycles. The molecular formula is C12H6Cl2. The van der Waals surface area contributed by atoms with Gasteiger partial charge in [0.1, 0.15) is 0 Å². The van der Waals surface area contributed by atoms with Crippen LogP contribution in [0.3, 0.4) is 0 Å². The lowest BCUT2D eigenvalue weighted by Gasteiger charge is -2.05. The Morgan fingerprint density at radius 1 is 0.929 bits per heavy atom. The fourth-order valence-electron chi connectivity index (χ4n) is 1.93. The van der Waals surface area contributed by atoms with Crippen LogP contribution in [0.4, 0.5) is 0 Å². The second kappa shape index (κ2) is 2.75. The summed E-state index contributed by atoms with van der Waals surface area (Å²) in [6, 6.07) is 7.91. The second-order valence-corrected chi connectivity index (χ2v) is 4.17. The highest BCUT2D eigenvalue weighted by Crippen LogP contribution is 2.39. The Labute approximate surface area is 91.8 Å². The Balaban J connectivity index is 2.63. The third kappa shape index (κ3) is 0.956. The molecule has 2 aromatic rings. The van der Waals surface area contributed by atoms with E-state index in [2.05, 4.69) is 12.1 Å². The summed E-state index contributed by atoms with van der Waals surface area (Å²) in [4.78, 5) is 0. The molecule has 0 aromatic heterocycles. The summed E-state index contributed by atoms with van der Waals surface area (Å²) in [5.74, 6) is 0. The Hall–Kier alpha value is -0.980. The van der Waals surface area contributed by atoms with E-state index < -0.39 is 0 Å². The highest BCUT2D eigenvalue weighted by molar-refractivity contribution is 6.40. The van der Waals surface area contributed by atoms with Gasteiger partial charge in [-0.3, -0.25) is 0 Å². The van der Waals surface area contributed by atoms with Crippen molar-refractivity contribution in [1.82, 2.24) is 0 Å². The largest absolute Gasteiger partial charge is 0.0836 e. The molecule has 2 heteroatoms. The smallest absolute Gasteiger partial charge is 0.0499 e. The van der Waals surface area contributed by atoms with Crippen molar-refractivity contribution in [3.8, 4) is 0 Å². The van der Waals surface area contributed by atoms with Gasteiger partial charge >= 0.3 is 0 Å². The van der Waals surface area contributed by atoms with Crippen LogP contribution in [0.15, 0.2) is 24.3 Å². The Kier molecular flexibility index (Phi) is 1.64. The van der Waals surface area contributed by atoms with Crippen LogP contribution in [0, 0.1) is 0 Å². The van der Waals surface area contributed by atoms with Gasteiger partial charge in [-0.1, -0.05) is 53.6 Å². The molecule has 3 rings (SSSR count). The zero-order valence-corrected chi connectivity index (χ0v) is 8.73. The number of benzene rings is 2. The molecule has 0 fully saturated rings. The van der Waals surface area contributed by atoms with E-state index in [4.69, 9.17) is 23.2 Å². The molecular weight excluding hydrogens is 215 g/mol. The van der Waals surface area contributed by atoms with E-state index in [0.29, 0.717) is 0 Å². The maximum absolute atomic E-state index is 6.12. The molecule has 2 aromatic carbocycles. The first kappa shape index (κ1) is 8.34. The topological polar surface area (TPSA) is 0 Å². The Morgan fingerprint density at radius 2 is 1.79 bits per heavy atom. The standard InChI is InChI=1S/C12H6Cl2/c13-10-6-11(14)9-5-4-7-2-1-3-8(10)12(7)9/h1-6H. The zero-order chi connectivity index (χ0) is 9.71. The lowest BCUT2D eigenvalue weighted by Crippen LogP contribution is -1.81. The summed E-state index contributed by atoms with van der Waals surface area (Å²) in [5.41, 5.74) is 2.28. The van der Waals surface area contributed by atoms with Gasteiger partial charge in [-0.05, 0) is 17.0 Å². The molecule has 14 heavy (non-hydrogen) atoms. The van der Waals surface area contributed by atoms with Crippen molar-refractivity contribution in [3.05, 3.63) is 45.4 Å². The summed E-state index contributed by atoms with van der Waals surface area (Å²) in [5, 5.41) is 3.70. The van der Waals surface area contributed by atoms with Gasteiger partial charge in [0.15, 0.2) is 0 Å². The highest BCUT2D eigenvalue weighted by Gasteiger charge is 2.13. The summed E-state index contributed by atoms with van der Waals surface area (Å²) in [6.07, 6.45) is 4.11. The van der Waals surface area contributed by atoms with Crippen LogP contribution in [0.2, 0.25) is 10.0 Å². The van der Waals surface area contributed by atoms with Gasteiger partial charge in [-0.25, -0.2) is 0 Å². The summed E-state index contributed by atoms with van der Waals surface area (Å²) in [7, 11) is 0. The van der Waals surface area contributed by atoms with Gasteiger partial charge in [0.25, 0.3) is 0 Å².